The summed E-state index contributed by atoms with van der Waals surface area (Å²) in [5.74, 6) is 0.173. The van der Waals surface area contributed by atoms with E-state index in [-0.39, 0.29) is 17.6 Å². The maximum atomic E-state index is 11.2. The molecule has 0 aromatic rings. The minimum absolute atomic E-state index is 0.0262. The Hall–Kier alpha value is -1.00. The van der Waals surface area contributed by atoms with Gasteiger partial charge in [0, 0.05) is 0 Å². The molecule has 0 spiro atoms. The number of hydrogen-bond acceptors (Lipinski definition) is 4. The van der Waals surface area contributed by atoms with E-state index >= 15 is 0 Å². The lowest BCUT2D eigenvalue weighted by Gasteiger charge is -2.20. The average molecular weight is 254 g/mol. The van der Waals surface area contributed by atoms with Gasteiger partial charge in [-0.15, -0.1) is 0 Å². The van der Waals surface area contributed by atoms with Gasteiger partial charge >= 0.3 is 0 Å². The first-order valence-corrected chi connectivity index (χ1v) is 6.44. The van der Waals surface area contributed by atoms with E-state index in [2.05, 4.69) is 5.32 Å². The Kier molecular flexibility index (Phi) is 7.71. The van der Waals surface area contributed by atoms with E-state index in [1.54, 1.807) is 20.9 Å². The fourth-order valence-corrected chi connectivity index (χ4v) is 1.60. The summed E-state index contributed by atoms with van der Waals surface area (Å²) in [6, 6.07) is -0.0988. The molecule has 4 nitrogen and oxygen atoms in total. The van der Waals surface area contributed by atoms with Crippen LogP contribution in [0.3, 0.4) is 0 Å². The molecule has 0 aromatic carbocycles. The Morgan fingerprint density at radius 3 is 2.39 bits per heavy atom. The highest BCUT2D eigenvalue weighted by Crippen LogP contribution is 2.12. The molecule has 18 heavy (non-hydrogen) atoms. The predicted molar refractivity (Wildman–Crippen MR) is 74.4 cm³/mol. The number of likely N-dealkylation sites (N-methyl/N-ethyl adjacent to an activating group) is 1. The maximum absolute atomic E-state index is 11.2. The number of rotatable bonds is 9. The zero-order valence-electron chi connectivity index (χ0n) is 12.0. The summed E-state index contributed by atoms with van der Waals surface area (Å²) >= 11 is 0. The predicted octanol–water partition coefficient (Wildman–Crippen LogP) is 1.59. The summed E-state index contributed by atoms with van der Waals surface area (Å²) in [5, 5.41) is 2.97. The normalized spacial score (nSPS) is 16.5. The second kappa shape index (κ2) is 8.16. The molecule has 0 unspecified atom stereocenters. The van der Waals surface area contributed by atoms with Crippen molar-refractivity contribution in [2.24, 2.45) is 5.73 Å². The standard InChI is InChI=1S/C14H26N2O2/c1-11(17)13(16-4)9-7-5-6-8-10-14(3,15)12(2)18/h5,7,13,16H,6,8-10,15H2,1-4H3/b7-5+/t13-,14+/m0/s1. The number of Topliss-reactive ketones (excluding diaryl/α,β-unsaturated/α-hetero) is 2. The van der Waals surface area contributed by atoms with E-state index in [4.69, 9.17) is 5.73 Å². The van der Waals surface area contributed by atoms with Crippen molar-refractivity contribution >= 4 is 11.6 Å². The molecule has 104 valence electrons. The smallest absolute Gasteiger partial charge is 0.149 e. The van der Waals surface area contributed by atoms with Gasteiger partial charge in [0.1, 0.15) is 11.6 Å². The lowest BCUT2D eigenvalue weighted by molar-refractivity contribution is -0.121. The van der Waals surface area contributed by atoms with Gasteiger partial charge in [0.2, 0.25) is 0 Å². The topological polar surface area (TPSA) is 72.2 Å². The fraction of sp³-hybridized carbons (Fsp3) is 0.714. The van der Waals surface area contributed by atoms with Crippen LogP contribution in [0, 0.1) is 0 Å². The van der Waals surface area contributed by atoms with Crippen molar-refractivity contribution in [3.63, 3.8) is 0 Å². The summed E-state index contributed by atoms with van der Waals surface area (Å²) < 4.78 is 0. The molecular weight excluding hydrogens is 228 g/mol. The molecule has 0 saturated heterocycles. The van der Waals surface area contributed by atoms with Crippen LogP contribution in [0.4, 0.5) is 0 Å². The van der Waals surface area contributed by atoms with E-state index < -0.39 is 5.54 Å². The molecule has 0 fully saturated rings. The Bertz CT molecular complexity index is 309. The van der Waals surface area contributed by atoms with E-state index in [0.29, 0.717) is 12.8 Å². The molecule has 4 heteroatoms. The maximum Gasteiger partial charge on any atom is 0.149 e. The minimum Gasteiger partial charge on any atom is -0.319 e. The van der Waals surface area contributed by atoms with Crippen LogP contribution in [0.1, 0.15) is 46.5 Å². The molecule has 0 saturated carbocycles. The second-order valence-corrected chi connectivity index (χ2v) is 5.02. The lowest BCUT2D eigenvalue weighted by Crippen LogP contribution is -2.43. The number of allylic oxidation sites excluding steroid dienone is 1. The number of hydrogen-bond donors (Lipinski definition) is 2. The highest BCUT2D eigenvalue weighted by atomic mass is 16.1. The molecule has 2 atom stereocenters. The molecule has 0 aliphatic rings. The van der Waals surface area contributed by atoms with E-state index in [9.17, 15) is 9.59 Å². The van der Waals surface area contributed by atoms with Crippen LogP contribution in [0.15, 0.2) is 12.2 Å². The van der Waals surface area contributed by atoms with Crippen molar-refractivity contribution in [3.05, 3.63) is 12.2 Å². The van der Waals surface area contributed by atoms with Gasteiger partial charge in [-0.3, -0.25) is 9.59 Å². The molecule has 3 N–H and O–H groups in total. The van der Waals surface area contributed by atoms with Crippen molar-refractivity contribution in [1.82, 2.24) is 5.32 Å². The van der Waals surface area contributed by atoms with Crippen LogP contribution in [0.2, 0.25) is 0 Å². The number of carbonyl (C=O) groups is 2. The van der Waals surface area contributed by atoms with Crippen LogP contribution in [0.25, 0.3) is 0 Å². The molecule has 0 bridgehead atoms. The van der Waals surface area contributed by atoms with Gasteiger partial charge in [0.15, 0.2) is 0 Å². The van der Waals surface area contributed by atoms with Gasteiger partial charge in [-0.05, 0) is 53.5 Å². The Morgan fingerprint density at radius 1 is 1.33 bits per heavy atom. The number of ketones is 2. The van der Waals surface area contributed by atoms with E-state index in [1.165, 1.54) is 6.92 Å². The van der Waals surface area contributed by atoms with Crippen molar-refractivity contribution < 1.29 is 9.59 Å². The average Bonchev–Trinajstić information content (AvgIpc) is 2.27. The monoisotopic (exact) mass is 254 g/mol. The Morgan fingerprint density at radius 2 is 1.94 bits per heavy atom. The van der Waals surface area contributed by atoms with Crippen LogP contribution < -0.4 is 11.1 Å². The van der Waals surface area contributed by atoms with Crippen LogP contribution >= 0.6 is 0 Å². The van der Waals surface area contributed by atoms with Gasteiger partial charge in [-0.1, -0.05) is 12.2 Å². The zero-order valence-corrected chi connectivity index (χ0v) is 12.0. The summed E-state index contributed by atoms with van der Waals surface area (Å²) in [5.41, 5.74) is 5.15. The number of unbranched alkanes of at least 4 members (excludes halogenated alkanes) is 1. The zero-order chi connectivity index (χ0) is 14.2. The largest absolute Gasteiger partial charge is 0.319 e. The third kappa shape index (κ3) is 6.67. The first kappa shape index (κ1) is 17.0. The molecule has 0 radical (unpaired) electrons. The van der Waals surface area contributed by atoms with Gasteiger partial charge in [0.25, 0.3) is 0 Å². The number of nitrogens with two attached hydrogens (primary N) is 1. The Balaban J connectivity index is 3.85. The second-order valence-electron chi connectivity index (χ2n) is 5.02. The molecule has 0 rings (SSSR count). The SMILES string of the molecule is CN[C@@H](C/C=C/CCC[C@@](C)(N)C(C)=O)C(C)=O. The summed E-state index contributed by atoms with van der Waals surface area (Å²) in [6.07, 6.45) is 7.21. The molecule has 0 aliphatic heterocycles. The van der Waals surface area contributed by atoms with Gasteiger partial charge in [-0.25, -0.2) is 0 Å². The van der Waals surface area contributed by atoms with Crippen molar-refractivity contribution in [3.8, 4) is 0 Å². The highest BCUT2D eigenvalue weighted by molar-refractivity contribution is 5.85. The van der Waals surface area contributed by atoms with Crippen molar-refractivity contribution in [2.75, 3.05) is 7.05 Å². The van der Waals surface area contributed by atoms with Gasteiger partial charge in [0.05, 0.1) is 11.6 Å². The van der Waals surface area contributed by atoms with Gasteiger partial charge < -0.3 is 11.1 Å². The summed E-state index contributed by atoms with van der Waals surface area (Å²) in [4.78, 5) is 22.4. The fourth-order valence-electron chi connectivity index (χ4n) is 1.60. The van der Waals surface area contributed by atoms with Crippen LogP contribution in [-0.4, -0.2) is 30.2 Å². The van der Waals surface area contributed by atoms with Crippen molar-refractivity contribution in [2.45, 2.75) is 58.0 Å². The number of carbonyl (C=O) groups excluding carboxylic acids is 2. The molecule has 0 amide bonds. The first-order valence-electron chi connectivity index (χ1n) is 6.44. The van der Waals surface area contributed by atoms with Crippen LogP contribution in [0.5, 0.6) is 0 Å². The first-order chi connectivity index (χ1) is 8.31. The Labute approximate surface area is 110 Å². The van der Waals surface area contributed by atoms with Gasteiger partial charge in [-0.2, -0.15) is 0 Å². The molecule has 0 aromatic heterocycles. The lowest BCUT2D eigenvalue weighted by atomic mass is 9.92. The summed E-state index contributed by atoms with van der Waals surface area (Å²) in [6.45, 7) is 4.88. The highest BCUT2D eigenvalue weighted by Gasteiger charge is 2.22. The number of nitrogens with one attached hydrogen (secondary N) is 1. The molecular formula is C14H26N2O2. The van der Waals surface area contributed by atoms with E-state index in [0.717, 1.165) is 12.8 Å². The third-order valence-corrected chi connectivity index (χ3v) is 3.25. The van der Waals surface area contributed by atoms with E-state index in [1.807, 2.05) is 12.2 Å². The quantitative estimate of drug-likeness (QED) is 0.484. The van der Waals surface area contributed by atoms with Crippen molar-refractivity contribution in [1.29, 1.82) is 0 Å². The summed E-state index contributed by atoms with van der Waals surface area (Å²) in [7, 11) is 1.78. The third-order valence-electron chi connectivity index (χ3n) is 3.25. The van der Waals surface area contributed by atoms with Crippen LogP contribution in [-0.2, 0) is 9.59 Å². The minimum atomic E-state index is -0.708. The molecule has 0 aliphatic carbocycles. The molecule has 0 heterocycles.